The van der Waals surface area contributed by atoms with Gasteiger partial charge in [0.05, 0.1) is 17.4 Å². The third kappa shape index (κ3) is 2.29. The topological polar surface area (TPSA) is 87.0 Å². The van der Waals surface area contributed by atoms with Gasteiger partial charge in [-0.15, -0.1) is 0 Å². The lowest BCUT2D eigenvalue weighted by molar-refractivity contribution is 0.194. The molecule has 14 heavy (non-hydrogen) atoms. The second kappa shape index (κ2) is 5.33. The predicted molar refractivity (Wildman–Crippen MR) is 54.8 cm³/mol. The van der Waals surface area contributed by atoms with Crippen LogP contribution in [0.4, 0.5) is 0 Å². The van der Waals surface area contributed by atoms with Crippen molar-refractivity contribution >= 4 is 11.0 Å². The number of benzene rings is 1. The Morgan fingerprint density at radius 1 is 1.57 bits per heavy atom. The van der Waals surface area contributed by atoms with Crippen LogP contribution in [0.5, 0.6) is 0 Å². The summed E-state index contributed by atoms with van der Waals surface area (Å²) in [7, 11) is 1.43. The first-order valence-electron chi connectivity index (χ1n) is 4.25. The van der Waals surface area contributed by atoms with Gasteiger partial charge in [-0.05, 0) is 11.6 Å². The zero-order valence-corrected chi connectivity index (χ0v) is 7.99. The molecule has 0 fully saturated rings. The van der Waals surface area contributed by atoms with E-state index in [1.807, 2.05) is 18.2 Å². The highest BCUT2D eigenvalue weighted by molar-refractivity contribution is 5.77. The summed E-state index contributed by atoms with van der Waals surface area (Å²) in [6.07, 6.45) is 1.68. The molecule has 2 rings (SSSR count). The number of nitrogens with one attached hydrogen (secondary N) is 2. The fourth-order valence-electron chi connectivity index (χ4n) is 1.19. The largest absolute Gasteiger partial charge is 0.345 e. The van der Waals surface area contributed by atoms with Crippen molar-refractivity contribution in [2.45, 2.75) is 6.54 Å². The highest BCUT2D eigenvalue weighted by Crippen LogP contribution is 2.12. The van der Waals surface area contributed by atoms with Crippen LogP contribution in [0.25, 0.3) is 11.0 Å². The lowest BCUT2D eigenvalue weighted by atomic mass is 10.2. The summed E-state index contributed by atoms with van der Waals surface area (Å²) in [6, 6.07) is 5.95. The van der Waals surface area contributed by atoms with Crippen LogP contribution in [-0.4, -0.2) is 22.2 Å². The van der Waals surface area contributed by atoms with E-state index in [-0.39, 0.29) is 0 Å². The van der Waals surface area contributed by atoms with Gasteiger partial charge in [-0.25, -0.2) is 10.5 Å². The van der Waals surface area contributed by atoms with Crippen LogP contribution in [0.2, 0.25) is 0 Å². The summed E-state index contributed by atoms with van der Waals surface area (Å²) in [5.41, 5.74) is 10.4. The van der Waals surface area contributed by atoms with Crippen molar-refractivity contribution in [3.63, 3.8) is 0 Å². The van der Waals surface area contributed by atoms with Crippen LogP contribution >= 0.6 is 0 Å². The molecule has 0 radical (unpaired) electrons. The molecule has 0 saturated carbocycles. The Morgan fingerprint density at radius 3 is 2.93 bits per heavy atom. The third-order valence-electron chi connectivity index (χ3n) is 1.75. The normalized spacial score (nSPS) is 9.64. The molecule has 5 nitrogen and oxygen atoms in total. The summed E-state index contributed by atoms with van der Waals surface area (Å²) in [4.78, 5) is 7.18. The zero-order chi connectivity index (χ0) is 10.4. The number of rotatable bonds is 1. The van der Waals surface area contributed by atoms with E-state index in [1.54, 1.807) is 11.8 Å². The summed E-state index contributed by atoms with van der Waals surface area (Å²) in [6.45, 7) is 0.544. The number of H-pyrrole nitrogens is 1. The molecule has 0 aliphatic rings. The monoisotopic (exact) mass is 194 g/mol. The number of hydrogen-bond acceptors (Lipinski definition) is 4. The molecule has 76 valence electrons. The molecule has 0 aliphatic heterocycles. The molecule has 2 aromatic rings. The van der Waals surface area contributed by atoms with E-state index < -0.39 is 0 Å². The standard InChI is InChI=1S/C8H9N3.CH5NO/c9-4-6-2-1-3-7-8(6)11-5-10-7;1-2-3/h1-3,5H,4,9H2,(H,10,11);2-3H,1H3. The SMILES string of the molecule is CNO.NCc1cccc2[nH]cnc12. The lowest BCUT2D eigenvalue weighted by Crippen LogP contribution is -1.96. The highest BCUT2D eigenvalue weighted by Gasteiger charge is 1.98. The van der Waals surface area contributed by atoms with Crippen molar-refractivity contribution in [2.24, 2.45) is 5.73 Å². The van der Waals surface area contributed by atoms with Crippen molar-refractivity contribution in [1.82, 2.24) is 15.4 Å². The van der Waals surface area contributed by atoms with E-state index in [9.17, 15) is 0 Å². The minimum Gasteiger partial charge on any atom is -0.345 e. The number of para-hydroxylation sites is 1. The number of aromatic nitrogens is 2. The Balaban J connectivity index is 0.000000293. The van der Waals surface area contributed by atoms with Crippen LogP contribution in [-0.2, 0) is 6.54 Å². The van der Waals surface area contributed by atoms with Crippen LogP contribution in [0.15, 0.2) is 24.5 Å². The van der Waals surface area contributed by atoms with Gasteiger partial charge in [-0.1, -0.05) is 12.1 Å². The average molecular weight is 194 g/mol. The van der Waals surface area contributed by atoms with E-state index in [4.69, 9.17) is 10.9 Å². The Morgan fingerprint density at radius 2 is 2.29 bits per heavy atom. The first-order chi connectivity index (χ1) is 6.83. The minimum absolute atomic E-state index is 0.544. The molecule has 0 amide bonds. The number of imidazole rings is 1. The molecule has 0 aliphatic carbocycles. The average Bonchev–Trinajstić information content (AvgIpc) is 2.66. The van der Waals surface area contributed by atoms with Crippen LogP contribution in [0.1, 0.15) is 5.56 Å². The van der Waals surface area contributed by atoms with Crippen molar-refractivity contribution in [2.75, 3.05) is 7.05 Å². The Labute approximate surface area is 81.9 Å². The maximum atomic E-state index is 7.32. The summed E-state index contributed by atoms with van der Waals surface area (Å²) in [5, 5.41) is 7.32. The molecule has 1 aromatic heterocycles. The summed E-state index contributed by atoms with van der Waals surface area (Å²) >= 11 is 0. The predicted octanol–water partition coefficient (Wildman–Crippen LogP) is 0.617. The molecule has 5 heteroatoms. The van der Waals surface area contributed by atoms with Gasteiger partial charge in [0.15, 0.2) is 0 Å². The second-order valence-electron chi connectivity index (χ2n) is 2.64. The van der Waals surface area contributed by atoms with Crippen molar-refractivity contribution < 1.29 is 5.21 Å². The van der Waals surface area contributed by atoms with E-state index in [0.717, 1.165) is 16.6 Å². The molecule has 1 heterocycles. The number of hydrogen-bond donors (Lipinski definition) is 4. The third-order valence-corrected chi connectivity index (χ3v) is 1.75. The number of aromatic amines is 1. The smallest absolute Gasteiger partial charge is 0.0932 e. The maximum Gasteiger partial charge on any atom is 0.0932 e. The van der Waals surface area contributed by atoms with Crippen molar-refractivity contribution in [3.8, 4) is 0 Å². The fourth-order valence-corrected chi connectivity index (χ4v) is 1.19. The van der Waals surface area contributed by atoms with Gasteiger partial charge in [0.1, 0.15) is 0 Å². The molecule has 1 aromatic carbocycles. The van der Waals surface area contributed by atoms with Gasteiger partial charge >= 0.3 is 0 Å². The Hall–Kier alpha value is -1.43. The van der Waals surface area contributed by atoms with E-state index in [2.05, 4.69) is 9.97 Å². The number of fused-ring (bicyclic) bond motifs is 1. The maximum absolute atomic E-state index is 7.32. The number of hydroxylamine groups is 1. The van der Waals surface area contributed by atoms with E-state index >= 15 is 0 Å². The number of nitrogens with two attached hydrogens (primary N) is 1. The van der Waals surface area contributed by atoms with E-state index in [0.29, 0.717) is 6.54 Å². The lowest BCUT2D eigenvalue weighted by Gasteiger charge is -1.95. The van der Waals surface area contributed by atoms with Gasteiger partial charge in [0.2, 0.25) is 0 Å². The van der Waals surface area contributed by atoms with Crippen LogP contribution < -0.4 is 11.2 Å². The fraction of sp³-hybridized carbons (Fsp3) is 0.222. The second-order valence-corrected chi connectivity index (χ2v) is 2.64. The Kier molecular flexibility index (Phi) is 4.06. The van der Waals surface area contributed by atoms with Gasteiger partial charge in [-0.3, -0.25) is 0 Å². The van der Waals surface area contributed by atoms with Gasteiger partial charge in [-0.2, -0.15) is 0 Å². The van der Waals surface area contributed by atoms with Crippen molar-refractivity contribution in [3.05, 3.63) is 30.1 Å². The minimum atomic E-state index is 0.544. The van der Waals surface area contributed by atoms with Crippen LogP contribution in [0.3, 0.4) is 0 Å². The molecule has 5 N–H and O–H groups in total. The van der Waals surface area contributed by atoms with Crippen molar-refractivity contribution in [1.29, 1.82) is 0 Å². The summed E-state index contributed by atoms with van der Waals surface area (Å²) < 4.78 is 0. The zero-order valence-electron chi connectivity index (χ0n) is 7.99. The van der Waals surface area contributed by atoms with E-state index in [1.165, 1.54) is 7.05 Å². The first-order valence-corrected chi connectivity index (χ1v) is 4.25. The molecule has 0 unspecified atom stereocenters. The molecule has 0 bridgehead atoms. The molecule has 0 spiro atoms. The number of nitrogens with zero attached hydrogens (tertiary/aromatic N) is 1. The molecular weight excluding hydrogens is 180 g/mol. The molecule has 0 saturated heterocycles. The molecular formula is C9H14N4O. The Bertz CT molecular complexity index is 385. The van der Waals surface area contributed by atoms with Gasteiger partial charge in [0, 0.05) is 13.6 Å². The van der Waals surface area contributed by atoms with Gasteiger partial charge < -0.3 is 15.9 Å². The first kappa shape index (κ1) is 10.6. The van der Waals surface area contributed by atoms with Gasteiger partial charge in [0.25, 0.3) is 0 Å². The van der Waals surface area contributed by atoms with Crippen LogP contribution in [0, 0.1) is 0 Å². The highest BCUT2D eigenvalue weighted by atomic mass is 16.5. The quantitative estimate of drug-likeness (QED) is 0.501. The molecule has 0 atom stereocenters. The summed E-state index contributed by atoms with van der Waals surface area (Å²) in [5.74, 6) is 0.